The number of aliphatic hydroxyl groups is 1. The van der Waals surface area contributed by atoms with Crippen LogP contribution >= 0.6 is 0 Å². The van der Waals surface area contributed by atoms with E-state index in [4.69, 9.17) is 9.47 Å². The molecule has 0 spiro atoms. The summed E-state index contributed by atoms with van der Waals surface area (Å²) in [5.74, 6) is -0.330. The van der Waals surface area contributed by atoms with Gasteiger partial charge >= 0.3 is 11.9 Å². The number of benzene rings is 1. The van der Waals surface area contributed by atoms with Crippen LogP contribution in [0.3, 0.4) is 0 Å². The molecule has 0 heterocycles. The van der Waals surface area contributed by atoms with E-state index in [1.807, 2.05) is 30.3 Å². The van der Waals surface area contributed by atoms with Crippen LogP contribution in [0.2, 0.25) is 0 Å². The second-order valence-electron chi connectivity index (χ2n) is 18.0. The normalized spacial score (nSPS) is 42.2. The fourth-order valence-corrected chi connectivity index (χ4v) is 12.6. The lowest BCUT2D eigenvalue weighted by Crippen LogP contribution is -2.68. The van der Waals surface area contributed by atoms with Crippen LogP contribution in [0.25, 0.3) is 0 Å². The van der Waals surface area contributed by atoms with Crippen LogP contribution in [0, 0.1) is 56.2 Å². The number of aliphatic hydroxyl groups excluding tert-OH is 1. The van der Waals surface area contributed by atoms with E-state index in [2.05, 4.69) is 59.9 Å². The molecule has 0 aliphatic heterocycles. The van der Waals surface area contributed by atoms with E-state index in [-0.39, 0.29) is 81.1 Å². The molecule has 5 aliphatic rings. The quantitative estimate of drug-likeness (QED) is 0.232. The number of carbonyl (C=O) groups is 3. The third kappa shape index (κ3) is 5.15. The molecule has 0 bridgehead atoms. The van der Waals surface area contributed by atoms with Gasteiger partial charge in [-0.25, -0.2) is 0 Å². The van der Waals surface area contributed by atoms with Crippen LogP contribution in [-0.4, -0.2) is 42.7 Å². The monoisotopic (exact) mass is 661 g/mol. The summed E-state index contributed by atoms with van der Waals surface area (Å²) in [5, 5.41) is 14.3. The Kier molecular flexibility index (Phi) is 8.88. The van der Waals surface area contributed by atoms with Crippen LogP contribution in [0.15, 0.2) is 42.0 Å². The van der Waals surface area contributed by atoms with Gasteiger partial charge in [0.15, 0.2) is 5.78 Å². The molecule has 4 saturated carbocycles. The van der Waals surface area contributed by atoms with Crippen molar-refractivity contribution in [2.75, 3.05) is 13.7 Å². The first-order valence-corrected chi connectivity index (χ1v) is 18.4. The maximum Gasteiger partial charge on any atom is 0.319 e. The van der Waals surface area contributed by atoms with Crippen molar-refractivity contribution in [1.29, 1.82) is 0 Å². The second-order valence-corrected chi connectivity index (χ2v) is 18.0. The van der Waals surface area contributed by atoms with Crippen molar-refractivity contribution in [2.45, 2.75) is 119 Å². The van der Waals surface area contributed by atoms with E-state index in [0.29, 0.717) is 0 Å². The summed E-state index contributed by atoms with van der Waals surface area (Å²) in [4.78, 5) is 40.2. The van der Waals surface area contributed by atoms with Crippen LogP contribution in [-0.2, 0) is 30.5 Å². The predicted molar refractivity (Wildman–Crippen MR) is 185 cm³/mol. The van der Waals surface area contributed by atoms with Crippen molar-refractivity contribution < 1.29 is 29.0 Å². The molecule has 0 amide bonds. The summed E-state index contributed by atoms with van der Waals surface area (Å²) in [6, 6.07) is 9.88. The summed E-state index contributed by atoms with van der Waals surface area (Å²) in [5.41, 5.74) is 1.20. The molecular formula is C41H59NO6. The highest BCUT2D eigenvalue weighted by Gasteiger charge is 2.72. The van der Waals surface area contributed by atoms with Gasteiger partial charge in [-0.05, 0) is 108 Å². The van der Waals surface area contributed by atoms with Gasteiger partial charge in [0.2, 0.25) is 0 Å². The molecule has 4 fully saturated rings. The smallest absolute Gasteiger partial charge is 0.319 e. The summed E-state index contributed by atoms with van der Waals surface area (Å²) < 4.78 is 10.7. The van der Waals surface area contributed by atoms with E-state index in [1.54, 1.807) is 0 Å². The highest BCUT2D eigenvalue weighted by Crippen LogP contribution is 2.77. The number of methoxy groups -OCH3 is 1. The lowest BCUT2D eigenvalue weighted by molar-refractivity contribution is -0.206. The van der Waals surface area contributed by atoms with Crippen molar-refractivity contribution in [3.8, 4) is 0 Å². The molecule has 0 radical (unpaired) electrons. The first-order chi connectivity index (χ1) is 22.5. The Morgan fingerprint density at radius 2 is 1.62 bits per heavy atom. The van der Waals surface area contributed by atoms with E-state index in [9.17, 15) is 19.5 Å². The Bertz CT molecular complexity index is 1470. The molecule has 48 heavy (non-hydrogen) atoms. The minimum atomic E-state index is -0.822. The molecular weight excluding hydrogens is 602 g/mol. The number of rotatable bonds is 7. The van der Waals surface area contributed by atoms with Gasteiger partial charge in [-0.2, -0.15) is 0 Å². The maximum atomic E-state index is 14.8. The van der Waals surface area contributed by atoms with Crippen LogP contribution < -0.4 is 5.32 Å². The number of allylic oxidation sites excluding steroid dienone is 2. The Hall–Kier alpha value is -2.51. The summed E-state index contributed by atoms with van der Waals surface area (Å²) >= 11 is 0. The summed E-state index contributed by atoms with van der Waals surface area (Å²) in [7, 11) is 1.36. The van der Waals surface area contributed by atoms with Gasteiger partial charge in [0.25, 0.3) is 0 Å². The van der Waals surface area contributed by atoms with Crippen molar-refractivity contribution in [3.05, 3.63) is 47.5 Å². The number of ether oxygens (including phenoxy) is 2. The average molecular weight is 662 g/mol. The zero-order valence-corrected chi connectivity index (χ0v) is 30.6. The Morgan fingerprint density at radius 3 is 2.31 bits per heavy atom. The molecule has 5 aliphatic carbocycles. The fourth-order valence-electron chi connectivity index (χ4n) is 12.6. The molecule has 7 heteroatoms. The number of fused-ring (bicyclic) bond motifs is 7. The van der Waals surface area contributed by atoms with E-state index < -0.39 is 12.2 Å². The third-order valence-electron chi connectivity index (χ3n) is 15.7. The van der Waals surface area contributed by atoms with Crippen LogP contribution in [0.4, 0.5) is 0 Å². The molecule has 6 rings (SSSR count). The SMILES string of the molecule is COC(=O)CNC(O)[C@H]1CCC2(C)C(CC[C@]3(C)[C@@H]2C(=O)C=C2C4(C)C[C@@H](C(=O)OCc5ccccc5)CC[C@]4(C)CC[C@]23C)C1(C)C. The lowest BCUT2D eigenvalue weighted by Gasteiger charge is -2.72. The number of carbonyl (C=O) groups excluding carboxylic acids is 3. The van der Waals surface area contributed by atoms with E-state index in [0.717, 1.165) is 63.4 Å². The molecule has 7 nitrogen and oxygen atoms in total. The highest BCUT2D eigenvalue weighted by molar-refractivity contribution is 5.96. The van der Waals surface area contributed by atoms with E-state index in [1.165, 1.54) is 12.7 Å². The van der Waals surface area contributed by atoms with Gasteiger partial charge in [0.05, 0.1) is 19.6 Å². The third-order valence-corrected chi connectivity index (χ3v) is 15.7. The Labute approximate surface area is 288 Å². The summed E-state index contributed by atoms with van der Waals surface area (Å²) in [6.45, 7) is 16.8. The largest absolute Gasteiger partial charge is 0.468 e. The first-order valence-electron chi connectivity index (χ1n) is 18.4. The van der Waals surface area contributed by atoms with Gasteiger partial charge in [0, 0.05) is 11.8 Å². The molecule has 10 atom stereocenters. The van der Waals surface area contributed by atoms with Gasteiger partial charge in [-0.3, -0.25) is 19.7 Å². The second kappa shape index (κ2) is 12.1. The van der Waals surface area contributed by atoms with Crippen molar-refractivity contribution in [3.63, 3.8) is 0 Å². The van der Waals surface area contributed by atoms with E-state index >= 15 is 0 Å². The number of hydrogen-bond donors (Lipinski definition) is 2. The Balaban J connectivity index is 1.29. The average Bonchev–Trinajstić information content (AvgIpc) is 3.04. The molecule has 2 N–H and O–H groups in total. The predicted octanol–water partition coefficient (Wildman–Crippen LogP) is 7.41. The van der Waals surface area contributed by atoms with Gasteiger partial charge in [0.1, 0.15) is 12.8 Å². The van der Waals surface area contributed by atoms with Crippen molar-refractivity contribution in [2.24, 2.45) is 56.2 Å². The summed E-state index contributed by atoms with van der Waals surface area (Å²) in [6.07, 6.45) is 9.48. The molecule has 1 aromatic carbocycles. The molecule has 1 aromatic rings. The fraction of sp³-hybridized carbons (Fsp3) is 0.732. The lowest BCUT2D eigenvalue weighted by atomic mass is 9.31. The highest BCUT2D eigenvalue weighted by atomic mass is 16.5. The zero-order valence-electron chi connectivity index (χ0n) is 30.6. The molecule has 0 saturated heterocycles. The van der Waals surface area contributed by atoms with Gasteiger partial charge in [-0.1, -0.05) is 84.4 Å². The number of nitrogens with one attached hydrogen (secondary N) is 1. The van der Waals surface area contributed by atoms with Crippen molar-refractivity contribution in [1.82, 2.24) is 5.32 Å². The topological polar surface area (TPSA) is 102 Å². The molecule has 264 valence electrons. The standard InChI is InChI=1S/C41H59NO6/c1-36(2)28(34(45)42-24-32(44)47-8)15-18-38(4)30(36)16-19-40(6)33(38)29(43)22-31-39(40,5)21-20-37(3)17-14-27(23-41(31,37)7)35(46)48-25-26-12-10-9-11-13-26/h9-13,22,27-28,30,33-34,42,45H,14-21,23-25H2,1-8H3/t27-,28+,30?,33+,34?,37+,38?,39+,40+,41?/m0/s1. The Morgan fingerprint density at radius 1 is 0.917 bits per heavy atom. The molecule has 0 aromatic heterocycles. The van der Waals surface area contributed by atoms with Crippen LogP contribution in [0.1, 0.15) is 112 Å². The van der Waals surface area contributed by atoms with Gasteiger partial charge < -0.3 is 14.6 Å². The minimum Gasteiger partial charge on any atom is -0.468 e. The number of ketones is 1. The van der Waals surface area contributed by atoms with Crippen LogP contribution in [0.5, 0.6) is 0 Å². The van der Waals surface area contributed by atoms with Gasteiger partial charge in [-0.15, -0.1) is 0 Å². The maximum absolute atomic E-state index is 14.8. The minimum absolute atomic E-state index is 0.0204. The number of esters is 2. The first kappa shape index (κ1) is 35.3. The molecule has 4 unspecified atom stereocenters. The zero-order chi connectivity index (χ0) is 34.9. The number of hydrogen-bond acceptors (Lipinski definition) is 7. The van der Waals surface area contributed by atoms with Crippen molar-refractivity contribution >= 4 is 17.7 Å².